The molecule has 1 N–H and O–H groups in total. The van der Waals surface area contributed by atoms with Crippen LogP contribution in [0, 0.1) is 5.92 Å². The van der Waals surface area contributed by atoms with Gasteiger partial charge >= 0.3 is 0 Å². The molecule has 2 rings (SSSR count). The van der Waals surface area contributed by atoms with Crippen LogP contribution in [0.1, 0.15) is 57.2 Å². The van der Waals surface area contributed by atoms with Gasteiger partial charge in [-0.3, -0.25) is 0 Å². The average molecular weight is 235 g/mol. The SMILES string of the molecule is CCNC(CCC1CCCC1)c1cncn1C. The number of nitrogens with one attached hydrogen (secondary N) is 1. The summed E-state index contributed by atoms with van der Waals surface area (Å²) in [7, 11) is 2.09. The van der Waals surface area contributed by atoms with Crippen molar-refractivity contribution in [3.8, 4) is 0 Å². The van der Waals surface area contributed by atoms with Gasteiger partial charge in [-0.05, 0) is 25.3 Å². The van der Waals surface area contributed by atoms with E-state index >= 15 is 0 Å². The third kappa shape index (κ3) is 3.32. The lowest BCUT2D eigenvalue weighted by molar-refractivity contribution is 0.407. The highest BCUT2D eigenvalue weighted by atomic mass is 15.1. The van der Waals surface area contributed by atoms with Crippen LogP contribution in [0.25, 0.3) is 0 Å². The van der Waals surface area contributed by atoms with E-state index in [1.54, 1.807) is 0 Å². The second kappa shape index (κ2) is 6.20. The maximum atomic E-state index is 4.23. The van der Waals surface area contributed by atoms with Gasteiger partial charge in [0.25, 0.3) is 0 Å². The summed E-state index contributed by atoms with van der Waals surface area (Å²) in [4.78, 5) is 4.23. The zero-order valence-corrected chi connectivity index (χ0v) is 11.2. The summed E-state index contributed by atoms with van der Waals surface area (Å²) >= 11 is 0. The highest BCUT2D eigenvalue weighted by Gasteiger charge is 2.19. The van der Waals surface area contributed by atoms with Crippen LogP contribution in [-0.2, 0) is 7.05 Å². The van der Waals surface area contributed by atoms with Crippen LogP contribution in [0.4, 0.5) is 0 Å². The van der Waals surface area contributed by atoms with Gasteiger partial charge in [-0.2, -0.15) is 0 Å². The second-order valence-electron chi connectivity index (χ2n) is 5.27. The predicted octanol–water partition coefficient (Wildman–Crippen LogP) is 3.04. The standard InChI is InChI=1S/C14H25N3/c1-3-16-13(14-10-15-11-17(14)2)9-8-12-6-4-5-7-12/h10-13,16H,3-9H2,1-2H3. The lowest BCUT2D eigenvalue weighted by Crippen LogP contribution is -2.23. The molecule has 0 radical (unpaired) electrons. The van der Waals surface area contributed by atoms with Gasteiger partial charge in [-0.25, -0.2) is 4.98 Å². The number of rotatable bonds is 6. The highest BCUT2D eigenvalue weighted by Crippen LogP contribution is 2.31. The number of aryl methyl sites for hydroxylation is 1. The topological polar surface area (TPSA) is 29.9 Å². The maximum absolute atomic E-state index is 4.23. The Kier molecular flexibility index (Phi) is 4.60. The van der Waals surface area contributed by atoms with Gasteiger partial charge in [-0.15, -0.1) is 0 Å². The molecule has 0 spiro atoms. The van der Waals surface area contributed by atoms with Crippen LogP contribution in [0.15, 0.2) is 12.5 Å². The van der Waals surface area contributed by atoms with Gasteiger partial charge in [0.05, 0.1) is 12.0 Å². The van der Waals surface area contributed by atoms with Crippen molar-refractivity contribution < 1.29 is 0 Å². The summed E-state index contributed by atoms with van der Waals surface area (Å²) in [5.41, 5.74) is 1.32. The minimum Gasteiger partial charge on any atom is -0.336 e. The number of aromatic nitrogens is 2. The minimum absolute atomic E-state index is 0.480. The molecule has 0 bridgehead atoms. The largest absolute Gasteiger partial charge is 0.336 e. The Morgan fingerprint density at radius 2 is 2.24 bits per heavy atom. The van der Waals surface area contributed by atoms with Crippen molar-refractivity contribution in [2.45, 2.75) is 51.5 Å². The predicted molar refractivity (Wildman–Crippen MR) is 70.8 cm³/mol. The van der Waals surface area contributed by atoms with Crippen molar-refractivity contribution >= 4 is 0 Å². The highest BCUT2D eigenvalue weighted by molar-refractivity contribution is 5.04. The van der Waals surface area contributed by atoms with E-state index in [1.807, 2.05) is 12.5 Å². The van der Waals surface area contributed by atoms with E-state index in [2.05, 4.69) is 28.8 Å². The van der Waals surface area contributed by atoms with Gasteiger partial charge < -0.3 is 9.88 Å². The molecule has 3 nitrogen and oxygen atoms in total. The normalized spacial score (nSPS) is 18.7. The van der Waals surface area contributed by atoms with E-state index in [9.17, 15) is 0 Å². The molecule has 0 aliphatic heterocycles. The summed E-state index contributed by atoms with van der Waals surface area (Å²) in [6.07, 6.45) is 12.3. The van der Waals surface area contributed by atoms with Gasteiger partial charge in [-0.1, -0.05) is 32.6 Å². The van der Waals surface area contributed by atoms with Gasteiger partial charge in [0, 0.05) is 19.3 Å². The third-order valence-electron chi connectivity index (χ3n) is 4.00. The smallest absolute Gasteiger partial charge is 0.0946 e. The Morgan fingerprint density at radius 1 is 1.47 bits per heavy atom. The molecule has 0 saturated heterocycles. The molecule has 1 atom stereocenters. The molecule has 3 heteroatoms. The molecule has 17 heavy (non-hydrogen) atoms. The molecule has 96 valence electrons. The lowest BCUT2D eigenvalue weighted by Gasteiger charge is -2.20. The summed E-state index contributed by atoms with van der Waals surface area (Å²) in [5, 5.41) is 3.59. The van der Waals surface area contributed by atoms with Crippen LogP contribution in [0.5, 0.6) is 0 Å². The molecule has 1 fully saturated rings. The Bertz CT molecular complexity index is 326. The molecular formula is C14H25N3. The Balaban J connectivity index is 1.90. The molecule has 1 aliphatic rings. The van der Waals surface area contributed by atoms with Gasteiger partial charge in [0.1, 0.15) is 0 Å². The van der Waals surface area contributed by atoms with E-state index in [0.717, 1.165) is 12.5 Å². The fraction of sp³-hybridized carbons (Fsp3) is 0.786. The molecule has 1 unspecified atom stereocenters. The van der Waals surface area contributed by atoms with Crippen molar-refractivity contribution in [3.05, 3.63) is 18.2 Å². The molecular weight excluding hydrogens is 210 g/mol. The first kappa shape index (κ1) is 12.6. The summed E-state index contributed by atoms with van der Waals surface area (Å²) in [6, 6.07) is 0.480. The summed E-state index contributed by atoms with van der Waals surface area (Å²) < 4.78 is 2.14. The zero-order chi connectivity index (χ0) is 12.1. The third-order valence-corrected chi connectivity index (χ3v) is 4.00. The molecule has 0 aromatic carbocycles. The Morgan fingerprint density at radius 3 is 2.82 bits per heavy atom. The summed E-state index contributed by atoms with van der Waals surface area (Å²) in [5.74, 6) is 0.976. The molecule has 1 aromatic rings. The van der Waals surface area contributed by atoms with Gasteiger partial charge in [0.2, 0.25) is 0 Å². The van der Waals surface area contributed by atoms with Crippen LogP contribution >= 0.6 is 0 Å². The van der Waals surface area contributed by atoms with Crippen LogP contribution < -0.4 is 5.32 Å². The Labute approximate surface area is 105 Å². The quantitative estimate of drug-likeness (QED) is 0.821. The van der Waals surface area contributed by atoms with Crippen LogP contribution in [0.2, 0.25) is 0 Å². The lowest BCUT2D eigenvalue weighted by atomic mass is 9.97. The Hall–Kier alpha value is -0.830. The van der Waals surface area contributed by atoms with E-state index in [-0.39, 0.29) is 0 Å². The second-order valence-corrected chi connectivity index (χ2v) is 5.27. The average Bonchev–Trinajstić information content (AvgIpc) is 2.95. The monoisotopic (exact) mass is 235 g/mol. The van der Waals surface area contributed by atoms with E-state index in [4.69, 9.17) is 0 Å². The molecule has 1 aliphatic carbocycles. The van der Waals surface area contributed by atoms with Crippen molar-refractivity contribution in [2.75, 3.05) is 6.54 Å². The minimum atomic E-state index is 0.480. The fourth-order valence-corrected chi connectivity index (χ4v) is 3.01. The number of hydrogen-bond acceptors (Lipinski definition) is 2. The van der Waals surface area contributed by atoms with E-state index in [0.29, 0.717) is 6.04 Å². The van der Waals surface area contributed by atoms with E-state index in [1.165, 1.54) is 44.2 Å². The first-order valence-electron chi connectivity index (χ1n) is 7.01. The first-order valence-corrected chi connectivity index (χ1v) is 7.01. The maximum Gasteiger partial charge on any atom is 0.0946 e. The summed E-state index contributed by atoms with van der Waals surface area (Å²) in [6.45, 7) is 3.21. The van der Waals surface area contributed by atoms with Crippen LogP contribution in [0.3, 0.4) is 0 Å². The van der Waals surface area contributed by atoms with Crippen molar-refractivity contribution in [2.24, 2.45) is 13.0 Å². The van der Waals surface area contributed by atoms with Crippen molar-refractivity contribution in [3.63, 3.8) is 0 Å². The number of hydrogen-bond donors (Lipinski definition) is 1. The number of imidazole rings is 1. The van der Waals surface area contributed by atoms with Crippen molar-refractivity contribution in [1.82, 2.24) is 14.9 Å². The van der Waals surface area contributed by atoms with E-state index < -0.39 is 0 Å². The number of nitrogens with zero attached hydrogens (tertiary/aromatic N) is 2. The molecule has 1 heterocycles. The van der Waals surface area contributed by atoms with Crippen molar-refractivity contribution in [1.29, 1.82) is 0 Å². The molecule has 0 amide bonds. The van der Waals surface area contributed by atoms with Gasteiger partial charge in [0.15, 0.2) is 0 Å². The first-order chi connectivity index (χ1) is 8.31. The zero-order valence-electron chi connectivity index (χ0n) is 11.2. The van der Waals surface area contributed by atoms with Crippen LogP contribution in [-0.4, -0.2) is 16.1 Å². The molecule has 1 aromatic heterocycles. The molecule has 1 saturated carbocycles. The fourth-order valence-electron chi connectivity index (χ4n) is 3.01.